The number of hydrogen-bond acceptors (Lipinski definition) is 4. The number of esters is 1. The number of carbonyl (C=O) groups excluding carboxylic acids is 1. The maximum Gasteiger partial charge on any atom is 0.311 e. The van der Waals surface area contributed by atoms with E-state index in [0.29, 0.717) is 19.5 Å². The standard InChI is InChI=1S/C20H29F2NO3/c1-13-5-3-8-19(2)17(26-19)16-14(7-6-13)15(18(24)25-16)11-23-10-4-9-20(21,22)12-23/h5,14-17H,3-4,6-12H2,1-2H3/t14-,15-,16-,17-,19+/m0/s1. The Kier molecular flexibility index (Phi) is 4.63. The van der Waals surface area contributed by atoms with Gasteiger partial charge in [0.05, 0.1) is 18.1 Å². The highest BCUT2D eigenvalue weighted by Crippen LogP contribution is 2.50. The summed E-state index contributed by atoms with van der Waals surface area (Å²) in [4.78, 5) is 14.4. The molecule has 4 aliphatic rings. The summed E-state index contributed by atoms with van der Waals surface area (Å²) in [5, 5.41) is 0. The van der Waals surface area contributed by atoms with E-state index in [1.165, 1.54) is 5.57 Å². The highest BCUT2D eigenvalue weighted by Gasteiger charge is 2.62. The summed E-state index contributed by atoms with van der Waals surface area (Å²) in [6, 6.07) is 0. The molecule has 0 N–H and O–H groups in total. The molecule has 6 heteroatoms. The summed E-state index contributed by atoms with van der Waals surface area (Å²) in [5.41, 5.74) is 1.11. The van der Waals surface area contributed by atoms with Crippen molar-refractivity contribution in [1.29, 1.82) is 0 Å². The topological polar surface area (TPSA) is 42.1 Å². The number of piperidine rings is 1. The van der Waals surface area contributed by atoms with Crippen LogP contribution in [0.4, 0.5) is 8.78 Å². The fourth-order valence-electron chi connectivity index (χ4n) is 5.03. The van der Waals surface area contributed by atoms with Gasteiger partial charge in [-0.1, -0.05) is 11.6 Å². The monoisotopic (exact) mass is 369 g/mol. The average molecular weight is 369 g/mol. The summed E-state index contributed by atoms with van der Waals surface area (Å²) in [7, 11) is 0. The van der Waals surface area contributed by atoms with Gasteiger partial charge in [0, 0.05) is 18.9 Å². The van der Waals surface area contributed by atoms with E-state index in [-0.39, 0.29) is 48.6 Å². The second kappa shape index (κ2) is 6.55. The van der Waals surface area contributed by atoms with Crippen LogP contribution in [0.15, 0.2) is 11.6 Å². The van der Waals surface area contributed by atoms with Gasteiger partial charge >= 0.3 is 5.97 Å². The lowest BCUT2D eigenvalue weighted by molar-refractivity contribution is -0.146. The van der Waals surface area contributed by atoms with E-state index in [1.54, 1.807) is 4.90 Å². The molecular weight excluding hydrogens is 340 g/mol. The van der Waals surface area contributed by atoms with Crippen molar-refractivity contribution >= 4 is 5.97 Å². The van der Waals surface area contributed by atoms with Crippen molar-refractivity contribution in [3.63, 3.8) is 0 Å². The molecule has 1 aliphatic carbocycles. The SMILES string of the molecule is CC1=CCC[C@@]2(C)O[C@H]2[C@H]2OC(=O)[C@@H](CN3CCCC(F)(F)C3)[C@@H]2CC1. The van der Waals surface area contributed by atoms with Crippen molar-refractivity contribution < 1.29 is 23.0 Å². The zero-order chi connectivity index (χ0) is 18.5. The van der Waals surface area contributed by atoms with E-state index in [1.807, 2.05) is 0 Å². The van der Waals surface area contributed by atoms with Gasteiger partial charge in [0.25, 0.3) is 5.92 Å². The predicted octanol–water partition coefficient (Wildman–Crippen LogP) is 3.55. The van der Waals surface area contributed by atoms with E-state index in [4.69, 9.17) is 9.47 Å². The minimum absolute atomic E-state index is 0.0453. The predicted molar refractivity (Wildman–Crippen MR) is 93.0 cm³/mol. The quantitative estimate of drug-likeness (QED) is 0.424. The molecule has 0 radical (unpaired) electrons. The number of allylic oxidation sites excluding steroid dienone is 2. The van der Waals surface area contributed by atoms with Crippen molar-refractivity contribution in [1.82, 2.24) is 4.90 Å². The van der Waals surface area contributed by atoms with Gasteiger partial charge in [-0.25, -0.2) is 8.78 Å². The minimum Gasteiger partial charge on any atom is -0.459 e. The second-order valence-electron chi connectivity index (χ2n) is 8.85. The number of rotatable bonds is 2. The molecule has 0 saturated carbocycles. The lowest BCUT2D eigenvalue weighted by atomic mass is 9.80. The number of fused-ring (bicyclic) bond motifs is 3. The van der Waals surface area contributed by atoms with Crippen LogP contribution in [-0.4, -0.2) is 54.2 Å². The van der Waals surface area contributed by atoms with Crippen LogP contribution in [0.25, 0.3) is 0 Å². The van der Waals surface area contributed by atoms with Crippen LogP contribution in [-0.2, 0) is 14.3 Å². The van der Waals surface area contributed by atoms with Crippen LogP contribution in [0.3, 0.4) is 0 Å². The third kappa shape index (κ3) is 3.55. The van der Waals surface area contributed by atoms with Crippen molar-refractivity contribution in [3.8, 4) is 0 Å². The lowest BCUT2D eigenvalue weighted by Crippen LogP contribution is -2.46. The maximum atomic E-state index is 13.8. The second-order valence-corrected chi connectivity index (χ2v) is 8.85. The zero-order valence-electron chi connectivity index (χ0n) is 15.7. The molecule has 0 bridgehead atoms. The lowest BCUT2D eigenvalue weighted by Gasteiger charge is -2.34. The fraction of sp³-hybridized carbons (Fsp3) is 0.850. The van der Waals surface area contributed by atoms with Gasteiger partial charge in [-0.05, 0) is 52.5 Å². The first-order valence-corrected chi connectivity index (χ1v) is 9.92. The summed E-state index contributed by atoms with van der Waals surface area (Å²) < 4.78 is 39.2. The van der Waals surface area contributed by atoms with Crippen LogP contribution >= 0.6 is 0 Å². The fourth-order valence-corrected chi connectivity index (χ4v) is 5.03. The molecule has 3 fully saturated rings. The molecule has 3 saturated heterocycles. The number of carbonyl (C=O) groups is 1. The molecule has 26 heavy (non-hydrogen) atoms. The number of ether oxygens (including phenoxy) is 2. The van der Waals surface area contributed by atoms with E-state index in [9.17, 15) is 13.6 Å². The van der Waals surface area contributed by atoms with Crippen molar-refractivity contribution in [2.45, 2.75) is 76.1 Å². The molecule has 0 amide bonds. The number of alkyl halides is 2. The van der Waals surface area contributed by atoms with Crippen LogP contribution in [0.2, 0.25) is 0 Å². The first-order valence-electron chi connectivity index (χ1n) is 9.92. The van der Waals surface area contributed by atoms with Crippen LogP contribution in [0, 0.1) is 11.8 Å². The van der Waals surface area contributed by atoms with E-state index >= 15 is 0 Å². The number of epoxide rings is 1. The third-order valence-corrected chi connectivity index (χ3v) is 6.67. The summed E-state index contributed by atoms with van der Waals surface area (Å²) >= 11 is 0. The van der Waals surface area contributed by atoms with Gasteiger partial charge < -0.3 is 9.47 Å². The number of likely N-dealkylation sites (tertiary alicyclic amines) is 1. The summed E-state index contributed by atoms with van der Waals surface area (Å²) in [6.07, 6.45) is 6.11. The van der Waals surface area contributed by atoms with Gasteiger partial charge in [0.1, 0.15) is 12.2 Å². The molecule has 0 aromatic carbocycles. The minimum atomic E-state index is -2.64. The number of nitrogens with zero attached hydrogens (tertiary/aromatic N) is 1. The Labute approximate surface area is 153 Å². The van der Waals surface area contributed by atoms with Gasteiger partial charge in [-0.3, -0.25) is 9.69 Å². The molecule has 4 nitrogen and oxygen atoms in total. The van der Waals surface area contributed by atoms with Crippen molar-refractivity contribution in [2.75, 3.05) is 19.6 Å². The molecular formula is C20H29F2NO3. The van der Waals surface area contributed by atoms with Crippen LogP contribution in [0.5, 0.6) is 0 Å². The molecule has 0 unspecified atom stereocenters. The van der Waals surface area contributed by atoms with Crippen molar-refractivity contribution in [2.24, 2.45) is 11.8 Å². The number of halogens is 2. The van der Waals surface area contributed by atoms with E-state index < -0.39 is 5.92 Å². The van der Waals surface area contributed by atoms with Crippen molar-refractivity contribution in [3.05, 3.63) is 11.6 Å². The Hall–Kier alpha value is -1.01. The Morgan fingerprint density at radius 3 is 2.92 bits per heavy atom. The molecule has 3 heterocycles. The normalized spacial score (nSPS) is 43.1. The van der Waals surface area contributed by atoms with E-state index in [2.05, 4.69) is 19.9 Å². The number of hydrogen-bond donors (Lipinski definition) is 0. The molecule has 146 valence electrons. The molecule has 0 spiro atoms. The first-order chi connectivity index (χ1) is 12.3. The summed E-state index contributed by atoms with van der Waals surface area (Å²) in [6.45, 7) is 4.98. The first kappa shape index (κ1) is 18.4. The van der Waals surface area contributed by atoms with Crippen LogP contribution in [0.1, 0.15) is 52.4 Å². The van der Waals surface area contributed by atoms with Gasteiger partial charge in [0.15, 0.2) is 0 Å². The van der Waals surface area contributed by atoms with Gasteiger partial charge in [-0.15, -0.1) is 0 Å². The highest BCUT2D eigenvalue weighted by molar-refractivity contribution is 5.75. The van der Waals surface area contributed by atoms with E-state index in [0.717, 1.165) is 25.7 Å². The Morgan fingerprint density at radius 1 is 1.35 bits per heavy atom. The van der Waals surface area contributed by atoms with Crippen LogP contribution < -0.4 is 0 Å². The Bertz CT molecular complexity index is 608. The van der Waals surface area contributed by atoms with Gasteiger partial charge in [-0.2, -0.15) is 0 Å². The third-order valence-electron chi connectivity index (χ3n) is 6.67. The Balaban J connectivity index is 1.51. The molecule has 3 aliphatic heterocycles. The maximum absolute atomic E-state index is 13.8. The molecule has 0 aromatic rings. The summed E-state index contributed by atoms with van der Waals surface area (Å²) in [5.74, 6) is -3.15. The van der Waals surface area contributed by atoms with Gasteiger partial charge in [0.2, 0.25) is 0 Å². The zero-order valence-corrected chi connectivity index (χ0v) is 15.7. The highest BCUT2D eigenvalue weighted by atomic mass is 19.3. The Morgan fingerprint density at radius 2 is 2.15 bits per heavy atom. The molecule has 4 rings (SSSR count). The molecule has 5 atom stereocenters. The average Bonchev–Trinajstić information content (AvgIpc) is 3.12. The molecule has 0 aromatic heterocycles. The largest absolute Gasteiger partial charge is 0.459 e. The smallest absolute Gasteiger partial charge is 0.311 e.